The van der Waals surface area contributed by atoms with Gasteiger partial charge in [-0.25, -0.2) is 13.6 Å². The number of hydrogen-bond acceptors (Lipinski definition) is 4. The third-order valence-corrected chi connectivity index (χ3v) is 3.98. The number of H-pyrrole nitrogens is 1. The highest BCUT2D eigenvalue weighted by atomic mass is 32.2. The van der Waals surface area contributed by atoms with E-state index in [2.05, 4.69) is 10.3 Å². The van der Waals surface area contributed by atoms with Gasteiger partial charge in [0.05, 0.1) is 17.0 Å². The van der Waals surface area contributed by atoms with E-state index in [1.807, 2.05) is 6.92 Å². The summed E-state index contributed by atoms with van der Waals surface area (Å²) in [5, 5.41) is 7.83. The molecule has 0 aliphatic carbocycles. The van der Waals surface area contributed by atoms with E-state index >= 15 is 0 Å². The molecule has 1 fully saturated rings. The number of hydrogen-bond donors (Lipinski definition) is 3. The topological polar surface area (TPSA) is 114 Å². The molecule has 1 aromatic heterocycles. The van der Waals surface area contributed by atoms with Crippen LogP contribution >= 0.6 is 0 Å². The number of primary sulfonamides is 1. The average molecular weight is 287 g/mol. The first-order valence-corrected chi connectivity index (χ1v) is 7.46. The van der Waals surface area contributed by atoms with Crippen molar-refractivity contribution >= 4 is 15.9 Å². The van der Waals surface area contributed by atoms with Gasteiger partial charge in [0.1, 0.15) is 5.69 Å². The fraction of sp³-hybridized carbons (Fsp3) is 0.545. The Morgan fingerprint density at radius 3 is 2.84 bits per heavy atom. The number of aromatic amines is 1. The molecule has 1 unspecified atom stereocenters. The van der Waals surface area contributed by atoms with Crippen LogP contribution < -0.4 is 10.5 Å². The Kier molecular flexibility index (Phi) is 3.66. The van der Waals surface area contributed by atoms with Crippen molar-refractivity contribution in [1.29, 1.82) is 0 Å². The molecule has 2 heterocycles. The van der Waals surface area contributed by atoms with Crippen LogP contribution in [-0.2, 0) is 14.8 Å². The Morgan fingerprint density at radius 1 is 1.58 bits per heavy atom. The highest BCUT2D eigenvalue weighted by molar-refractivity contribution is 7.89. The first-order chi connectivity index (χ1) is 8.80. The molecular formula is C11H17N3O4S. The molecule has 1 aromatic rings. The summed E-state index contributed by atoms with van der Waals surface area (Å²) >= 11 is 0. The summed E-state index contributed by atoms with van der Waals surface area (Å²) < 4.78 is 27.6. The van der Waals surface area contributed by atoms with Crippen molar-refractivity contribution in [2.75, 3.05) is 13.2 Å². The van der Waals surface area contributed by atoms with Crippen molar-refractivity contribution in [3.8, 4) is 0 Å². The molecule has 106 valence electrons. The summed E-state index contributed by atoms with van der Waals surface area (Å²) in [6.45, 7) is 3.04. The van der Waals surface area contributed by atoms with Gasteiger partial charge in [-0.15, -0.1) is 0 Å². The third kappa shape index (κ3) is 3.34. The minimum absolute atomic E-state index is 0.109. The predicted molar refractivity (Wildman–Crippen MR) is 68.1 cm³/mol. The summed E-state index contributed by atoms with van der Waals surface area (Å²) in [5.41, 5.74) is -0.266. The van der Waals surface area contributed by atoms with Crippen LogP contribution in [-0.4, -0.2) is 38.1 Å². The predicted octanol–water partition coefficient (Wildman–Crippen LogP) is -0.0390. The van der Waals surface area contributed by atoms with Crippen LogP contribution in [0.3, 0.4) is 0 Å². The van der Waals surface area contributed by atoms with Gasteiger partial charge in [0, 0.05) is 12.8 Å². The van der Waals surface area contributed by atoms with Crippen LogP contribution in [0, 0.1) is 0 Å². The van der Waals surface area contributed by atoms with Crippen LogP contribution in [0.15, 0.2) is 17.2 Å². The Hall–Kier alpha value is -1.38. The molecule has 0 spiro atoms. The summed E-state index contributed by atoms with van der Waals surface area (Å²) in [4.78, 5) is 14.5. The lowest BCUT2D eigenvalue weighted by Crippen LogP contribution is -2.51. The molecule has 7 nitrogen and oxygen atoms in total. The van der Waals surface area contributed by atoms with Crippen molar-refractivity contribution in [2.45, 2.75) is 30.2 Å². The molecule has 1 amide bonds. The van der Waals surface area contributed by atoms with Gasteiger partial charge in [-0.3, -0.25) is 4.79 Å². The summed E-state index contributed by atoms with van der Waals surface area (Å²) in [6.07, 6.45) is 2.90. The Bertz CT molecular complexity index is 573. The van der Waals surface area contributed by atoms with E-state index in [1.165, 1.54) is 12.3 Å². The number of nitrogens with two attached hydrogens (primary N) is 1. The van der Waals surface area contributed by atoms with Crippen molar-refractivity contribution in [3.63, 3.8) is 0 Å². The van der Waals surface area contributed by atoms with E-state index in [4.69, 9.17) is 9.88 Å². The van der Waals surface area contributed by atoms with Gasteiger partial charge in [-0.1, -0.05) is 0 Å². The fourth-order valence-electron chi connectivity index (χ4n) is 2.04. The van der Waals surface area contributed by atoms with Crippen LogP contribution in [0.1, 0.15) is 30.3 Å². The summed E-state index contributed by atoms with van der Waals surface area (Å²) in [7, 11) is -3.80. The highest BCUT2D eigenvalue weighted by Gasteiger charge is 2.30. The number of carbonyl (C=O) groups is 1. The van der Waals surface area contributed by atoms with E-state index < -0.39 is 15.6 Å². The third-order valence-electron chi connectivity index (χ3n) is 3.08. The zero-order valence-corrected chi connectivity index (χ0v) is 11.4. The Morgan fingerprint density at radius 2 is 2.32 bits per heavy atom. The Labute approximate surface area is 111 Å². The number of rotatable bonds is 3. The minimum Gasteiger partial charge on any atom is -0.379 e. The van der Waals surface area contributed by atoms with Crippen LogP contribution in [0.5, 0.6) is 0 Å². The van der Waals surface area contributed by atoms with Crippen molar-refractivity contribution < 1.29 is 17.9 Å². The molecule has 0 radical (unpaired) electrons. The maximum absolute atomic E-state index is 12.0. The zero-order chi connectivity index (χ0) is 14.1. The quantitative estimate of drug-likeness (QED) is 0.723. The lowest BCUT2D eigenvalue weighted by molar-refractivity contribution is 0.0271. The monoisotopic (exact) mass is 287 g/mol. The second-order valence-electron chi connectivity index (χ2n) is 4.96. The van der Waals surface area contributed by atoms with Gasteiger partial charge in [0.2, 0.25) is 10.0 Å². The van der Waals surface area contributed by atoms with Gasteiger partial charge in [0.25, 0.3) is 5.91 Å². The first-order valence-electron chi connectivity index (χ1n) is 5.92. The number of nitrogens with one attached hydrogen (secondary N) is 2. The van der Waals surface area contributed by atoms with Crippen molar-refractivity contribution in [1.82, 2.24) is 10.3 Å². The SMILES string of the molecule is CC1(NC(=O)c2cc(S(N)(=O)=O)c[nH]2)CCCOC1. The van der Waals surface area contributed by atoms with E-state index in [0.717, 1.165) is 12.8 Å². The molecule has 1 aliphatic rings. The second-order valence-corrected chi connectivity index (χ2v) is 6.53. The molecule has 1 saturated heterocycles. The lowest BCUT2D eigenvalue weighted by atomic mass is 9.95. The molecule has 1 atom stereocenters. The average Bonchev–Trinajstić information content (AvgIpc) is 2.78. The number of carbonyl (C=O) groups excluding carboxylic acids is 1. The van der Waals surface area contributed by atoms with Gasteiger partial charge >= 0.3 is 0 Å². The lowest BCUT2D eigenvalue weighted by Gasteiger charge is -2.34. The number of amides is 1. The summed E-state index contributed by atoms with van der Waals surface area (Å²) in [6, 6.07) is 1.22. The Balaban J connectivity index is 2.10. The maximum Gasteiger partial charge on any atom is 0.268 e. The van der Waals surface area contributed by atoms with Gasteiger partial charge in [0.15, 0.2) is 0 Å². The zero-order valence-electron chi connectivity index (χ0n) is 10.6. The smallest absolute Gasteiger partial charge is 0.268 e. The highest BCUT2D eigenvalue weighted by Crippen LogP contribution is 2.19. The molecule has 0 aromatic carbocycles. The maximum atomic E-state index is 12.0. The molecular weight excluding hydrogens is 270 g/mol. The number of ether oxygens (including phenoxy) is 1. The molecule has 19 heavy (non-hydrogen) atoms. The molecule has 8 heteroatoms. The van der Waals surface area contributed by atoms with E-state index in [0.29, 0.717) is 13.2 Å². The number of aromatic nitrogens is 1. The molecule has 0 bridgehead atoms. The van der Waals surface area contributed by atoms with Crippen molar-refractivity contribution in [2.24, 2.45) is 5.14 Å². The number of sulfonamides is 1. The van der Waals surface area contributed by atoms with E-state index in [-0.39, 0.29) is 16.5 Å². The van der Waals surface area contributed by atoms with Gasteiger partial charge in [-0.2, -0.15) is 0 Å². The normalized spacial score (nSPS) is 24.1. The molecule has 0 saturated carbocycles. The van der Waals surface area contributed by atoms with Crippen LogP contribution in [0.25, 0.3) is 0 Å². The largest absolute Gasteiger partial charge is 0.379 e. The van der Waals surface area contributed by atoms with E-state index in [9.17, 15) is 13.2 Å². The van der Waals surface area contributed by atoms with Crippen molar-refractivity contribution in [3.05, 3.63) is 18.0 Å². The van der Waals surface area contributed by atoms with Gasteiger partial charge in [-0.05, 0) is 25.8 Å². The van der Waals surface area contributed by atoms with Gasteiger partial charge < -0.3 is 15.0 Å². The molecule has 4 N–H and O–H groups in total. The van der Waals surface area contributed by atoms with E-state index in [1.54, 1.807) is 0 Å². The first kappa shape index (κ1) is 14.0. The fourth-order valence-corrected chi connectivity index (χ4v) is 2.55. The minimum atomic E-state index is -3.80. The van der Waals surface area contributed by atoms with Crippen LogP contribution in [0.2, 0.25) is 0 Å². The second kappa shape index (κ2) is 4.95. The molecule has 2 rings (SSSR count). The summed E-state index contributed by atoms with van der Waals surface area (Å²) in [5.74, 6) is -0.372. The van der Waals surface area contributed by atoms with Crippen LogP contribution in [0.4, 0.5) is 0 Å². The standard InChI is InChI=1S/C11H17N3O4S/c1-11(3-2-4-18-7-11)14-10(15)9-5-8(6-13-9)19(12,16)17/h5-6,13H,2-4,7H2,1H3,(H,14,15)(H2,12,16,17). The molecule has 1 aliphatic heterocycles.